The number of carbonyl (C=O) groups excluding carboxylic acids is 2. The van der Waals surface area contributed by atoms with Crippen molar-refractivity contribution >= 4 is 12.0 Å². The van der Waals surface area contributed by atoms with Crippen LogP contribution in [-0.2, 0) is 9.53 Å². The zero-order valence-electron chi connectivity index (χ0n) is 19.5. The quantitative estimate of drug-likeness (QED) is 0.617. The maximum absolute atomic E-state index is 12.5. The standard InChI is InChI=1S/C21H32N2O4.C2H6/c1-16-8-10-18(11-9-16)26-13-12-23(20(25)27-21(3,4)5)15-17(2)14-19(24)22(6)7;1-2/h8-11,14H,12-13,15H2,1-7H3;1-2H3/b17-14+;. The van der Waals surface area contributed by atoms with E-state index in [9.17, 15) is 9.59 Å². The summed E-state index contributed by atoms with van der Waals surface area (Å²) >= 11 is 0. The fraction of sp³-hybridized carbons (Fsp3) is 0.565. The van der Waals surface area contributed by atoms with Crippen molar-refractivity contribution in [3.05, 3.63) is 41.5 Å². The smallest absolute Gasteiger partial charge is 0.410 e. The minimum atomic E-state index is -0.593. The van der Waals surface area contributed by atoms with Gasteiger partial charge in [-0.05, 0) is 52.3 Å². The van der Waals surface area contributed by atoms with E-state index in [1.54, 1.807) is 19.0 Å². The van der Waals surface area contributed by atoms with Crippen LogP contribution in [0.4, 0.5) is 4.79 Å². The Morgan fingerprint density at radius 1 is 1.07 bits per heavy atom. The van der Waals surface area contributed by atoms with Gasteiger partial charge in [0.05, 0.1) is 6.54 Å². The molecule has 29 heavy (non-hydrogen) atoms. The number of carbonyl (C=O) groups is 2. The molecule has 0 bridgehead atoms. The van der Waals surface area contributed by atoms with E-state index in [2.05, 4.69) is 0 Å². The Labute approximate surface area is 176 Å². The van der Waals surface area contributed by atoms with Gasteiger partial charge >= 0.3 is 6.09 Å². The van der Waals surface area contributed by atoms with Crippen molar-refractivity contribution in [2.45, 2.75) is 54.1 Å². The second-order valence-corrected chi connectivity index (χ2v) is 7.79. The van der Waals surface area contributed by atoms with Crippen LogP contribution >= 0.6 is 0 Å². The molecule has 0 unspecified atom stereocenters. The van der Waals surface area contributed by atoms with Crippen LogP contribution in [0.15, 0.2) is 35.9 Å². The Morgan fingerprint density at radius 3 is 2.10 bits per heavy atom. The summed E-state index contributed by atoms with van der Waals surface area (Å²) in [6.07, 6.45) is 1.10. The van der Waals surface area contributed by atoms with Crippen LogP contribution in [0.25, 0.3) is 0 Å². The summed E-state index contributed by atoms with van der Waals surface area (Å²) in [7, 11) is 3.38. The first kappa shape index (κ1) is 26.5. The number of hydrogen-bond acceptors (Lipinski definition) is 4. The van der Waals surface area contributed by atoms with E-state index in [1.165, 1.54) is 11.0 Å². The number of hydrogen-bond donors (Lipinski definition) is 0. The summed E-state index contributed by atoms with van der Waals surface area (Å²) in [4.78, 5) is 27.4. The highest BCUT2D eigenvalue weighted by Crippen LogP contribution is 2.13. The average molecular weight is 407 g/mol. The molecule has 0 radical (unpaired) electrons. The molecule has 1 rings (SSSR count). The molecule has 0 atom stereocenters. The fourth-order valence-electron chi connectivity index (χ4n) is 2.16. The van der Waals surface area contributed by atoms with E-state index in [0.29, 0.717) is 19.7 Å². The van der Waals surface area contributed by atoms with Crippen LogP contribution < -0.4 is 4.74 Å². The van der Waals surface area contributed by atoms with Gasteiger partial charge < -0.3 is 19.3 Å². The molecule has 0 spiro atoms. The summed E-state index contributed by atoms with van der Waals surface area (Å²) in [5, 5.41) is 0. The molecule has 1 aromatic rings. The van der Waals surface area contributed by atoms with Crippen LogP contribution in [0.1, 0.15) is 47.1 Å². The summed E-state index contributed by atoms with van der Waals surface area (Å²) in [5.74, 6) is 0.632. The number of rotatable bonds is 7. The molecule has 1 aromatic carbocycles. The van der Waals surface area contributed by atoms with Crippen molar-refractivity contribution < 1.29 is 19.1 Å². The number of ether oxygens (including phenoxy) is 2. The SMILES string of the molecule is C/C(=C\C(=O)N(C)C)CN(CCOc1ccc(C)cc1)C(=O)OC(C)(C)C.CC. The monoisotopic (exact) mass is 406 g/mol. The predicted octanol–water partition coefficient (Wildman–Crippen LogP) is 4.67. The summed E-state index contributed by atoms with van der Waals surface area (Å²) in [6.45, 7) is 14.3. The highest BCUT2D eigenvalue weighted by atomic mass is 16.6. The molecule has 0 aliphatic carbocycles. The van der Waals surface area contributed by atoms with Crippen molar-refractivity contribution in [3.63, 3.8) is 0 Å². The number of aryl methyl sites for hydroxylation is 1. The predicted molar refractivity (Wildman–Crippen MR) is 118 cm³/mol. The van der Waals surface area contributed by atoms with Gasteiger partial charge in [-0.2, -0.15) is 0 Å². The number of amides is 2. The first-order valence-electron chi connectivity index (χ1n) is 10.0. The molecular formula is C23H38N2O4. The minimum absolute atomic E-state index is 0.118. The molecule has 6 nitrogen and oxygen atoms in total. The molecule has 0 heterocycles. The molecule has 164 valence electrons. The van der Waals surface area contributed by atoms with E-state index in [-0.39, 0.29) is 5.91 Å². The third-order valence-electron chi connectivity index (χ3n) is 3.55. The van der Waals surface area contributed by atoms with Crippen molar-refractivity contribution in [1.82, 2.24) is 9.80 Å². The highest BCUT2D eigenvalue weighted by molar-refractivity contribution is 5.87. The van der Waals surface area contributed by atoms with Crippen molar-refractivity contribution in [3.8, 4) is 5.75 Å². The van der Waals surface area contributed by atoms with Crippen molar-refractivity contribution in [2.75, 3.05) is 33.8 Å². The summed E-state index contributed by atoms with van der Waals surface area (Å²) < 4.78 is 11.2. The second-order valence-electron chi connectivity index (χ2n) is 7.79. The Morgan fingerprint density at radius 2 is 1.62 bits per heavy atom. The lowest BCUT2D eigenvalue weighted by Gasteiger charge is -2.27. The maximum atomic E-state index is 12.5. The average Bonchev–Trinajstić information content (AvgIpc) is 2.62. The Kier molecular flexibility index (Phi) is 11.8. The van der Waals surface area contributed by atoms with Gasteiger partial charge in [0.2, 0.25) is 5.91 Å². The molecule has 6 heteroatoms. The molecule has 0 fully saturated rings. The second kappa shape index (κ2) is 12.9. The van der Waals surface area contributed by atoms with E-state index in [1.807, 2.05) is 72.7 Å². The van der Waals surface area contributed by atoms with Gasteiger partial charge in [0.15, 0.2) is 0 Å². The normalized spacial score (nSPS) is 11.1. The van der Waals surface area contributed by atoms with Gasteiger partial charge in [0.1, 0.15) is 18.0 Å². The summed E-state index contributed by atoms with van der Waals surface area (Å²) in [5.41, 5.74) is 1.34. The lowest BCUT2D eigenvalue weighted by molar-refractivity contribution is -0.123. The largest absolute Gasteiger partial charge is 0.492 e. The first-order valence-corrected chi connectivity index (χ1v) is 10.0. The van der Waals surface area contributed by atoms with Gasteiger partial charge in [-0.25, -0.2) is 4.79 Å². The molecule has 0 aromatic heterocycles. The van der Waals surface area contributed by atoms with Crippen LogP contribution in [0.5, 0.6) is 5.75 Å². The minimum Gasteiger partial charge on any atom is -0.492 e. The van der Waals surface area contributed by atoms with Gasteiger partial charge in [-0.1, -0.05) is 31.5 Å². The van der Waals surface area contributed by atoms with E-state index >= 15 is 0 Å². The molecule has 0 saturated heterocycles. The molecule has 2 amide bonds. The van der Waals surface area contributed by atoms with Gasteiger partial charge in [0.25, 0.3) is 0 Å². The molecule has 0 saturated carbocycles. The highest BCUT2D eigenvalue weighted by Gasteiger charge is 2.22. The van der Waals surface area contributed by atoms with E-state index in [4.69, 9.17) is 9.47 Å². The molecule has 0 aliphatic rings. The lowest BCUT2D eigenvalue weighted by atomic mass is 10.2. The van der Waals surface area contributed by atoms with E-state index < -0.39 is 11.7 Å². The first-order chi connectivity index (χ1) is 13.5. The third-order valence-corrected chi connectivity index (χ3v) is 3.55. The van der Waals surface area contributed by atoms with Crippen molar-refractivity contribution in [2.24, 2.45) is 0 Å². The zero-order chi connectivity index (χ0) is 22.6. The summed E-state index contributed by atoms with van der Waals surface area (Å²) in [6, 6.07) is 7.74. The van der Waals surface area contributed by atoms with Crippen molar-refractivity contribution in [1.29, 1.82) is 0 Å². The molecule has 0 N–H and O–H groups in total. The van der Waals surface area contributed by atoms with E-state index in [0.717, 1.165) is 16.9 Å². The lowest BCUT2D eigenvalue weighted by Crippen LogP contribution is -2.40. The Balaban J connectivity index is 0.00000379. The Bertz CT molecular complexity index is 658. The molecule has 0 aliphatic heterocycles. The molecular weight excluding hydrogens is 368 g/mol. The van der Waals surface area contributed by atoms with Crippen LogP contribution in [0, 0.1) is 6.92 Å². The van der Waals surface area contributed by atoms with Gasteiger partial charge in [0, 0.05) is 26.7 Å². The Hall–Kier alpha value is -2.50. The zero-order valence-corrected chi connectivity index (χ0v) is 19.5. The number of benzene rings is 1. The fourth-order valence-corrected chi connectivity index (χ4v) is 2.16. The van der Waals surface area contributed by atoms with Gasteiger partial charge in [-0.3, -0.25) is 4.79 Å². The van der Waals surface area contributed by atoms with Crippen LogP contribution in [0.2, 0.25) is 0 Å². The topological polar surface area (TPSA) is 59.1 Å². The maximum Gasteiger partial charge on any atom is 0.410 e. The van der Waals surface area contributed by atoms with Crippen LogP contribution in [0.3, 0.4) is 0 Å². The van der Waals surface area contributed by atoms with Gasteiger partial charge in [-0.15, -0.1) is 0 Å². The number of nitrogens with zero attached hydrogens (tertiary/aromatic N) is 2. The number of likely N-dealkylation sites (N-methyl/N-ethyl adjacent to an activating group) is 1. The third kappa shape index (κ3) is 11.8. The van der Waals surface area contributed by atoms with Crippen LogP contribution in [-0.4, -0.2) is 61.2 Å².